The molecule has 4 heteroatoms. The number of carbonyl (C=O) groups is 1. The quantitative estimate of drug-likeness (QED) is 0.642. The van der Waals surface area contributed by atoms with Gasteiger partial charge in [0, 0.05) is 13.2 Å². The average Bonchev–Trinajstić information content (AvgIpc) is 2.67. The van der Waals surface area contributed by atoms with Crippen LogP contribution in [0.15, 0.2) is 0 Å². The van der Waals surface area contributed by atoms with Crippen LogP contribution in [0.1, 0.15) is 46.5 Å². The van der Waals surface area contributed by atoms with Crippen molar-refractivity contribution < 1.29 is 9.53 Å². The second-order valence-electron chi connectivity index (χ2n) is 5.45. The molecule has 0 aromatic heterocycles. The van der Waals surface area contributed by atoms with Crippen LogP contribution >= 0.6 is 0 Å². The molecule has 1 aliphatic heterocycles. The van der Waals surface area contributed by atoms with Crippen LogP contribution in [-0.4, -0.2) is 43.3 Å². The zero-order valence-electron chi connectivity index (χ0n) is 12.1. The van der Waals surface area contributed by atoms with Crippen LogP contribution in [0.5, 0.6) is 0 Å². The van der Waals surface area contributed by atoms with Crippen LogP contribution in [0.25, 0.3) is 0 Å². The SMILES string of the molecule is CCCCC1NCN(CCOCCC(C)C)C1=O. The second kappa shape index (κ2) is 8.48. The van der Waals surface area contributed by atoms with Gasteiger partial charge in [-0.05, 0) is 18.8 Å². The molecule has 1 N–H and O–H groups in total. The number of nitrogens with one attached hydrogen (secondary N) is 1. The van der Waals surface area contributed by atoms with E-state index in [1.807, 2.05) is 4.90 Å². The van der Waals surface area contributed by atoms with E-state index < -0.39 is 0 Å². The van der Waals surface area contributed by atoms with Crippen molar-refractivity contribution in [2.75, 3.05) is 26.4 Å². The Kier molecular flexibility index (Phi) is 7.28. The van der Waals surface area contributed by atoms with Gasteiger partial charge in [0.25, 0.3) is 0 Å². The van der Waals surface area contributed by atoms with E-state index in [1.165, 1.54) is 0 Å². The zero-order valence-corrected chi connectivity index (χ0v) is 12.1. The highest BCUT2D eigenvalue weighted by molar-refractivity contribution is 5.83. The first kappa shape index (κ1) is 15.4. The van der Waals surface area contributed by atoms with Crippen molar-refractivity contribution >= 4 is 5.91 Å². The van der Waals surface area contributed by atoms with Crippen molar-refractivity contribution in [1.29, 1.82) is 0 Å². The highest BCUT2D eigenvalue weighted by Crippen LogP contribution is 2.10. The highest BCUT2D eigenvalue weighted by Gasteiger charge is 2.29. The molecule has 1 atom stereocenters. The molecule has 0 aromatic rings. The number of hydrogen-bond donors (Lipinski definition) is 1. The summed E-state index contributed by atoms with van der Waals surface area (Å²) in [4.78, 5) is 13.9. The van der Waals surface area contributed by atoms with Gasteiger partial charge >= 0.3 is 0 Å². The molecule has 106 valence electrons. The standard InChI is InChI=1S/C14H28N2O2/c1-4-5-6-13-14(17)16(11-15-13)8-10-18-9-7-12(2)3/h12-13,15H,4-11H2,1-3H3. The fourth-order valence-electron chi connectivity index (χ4n) is 2.02. The van der Waals surface area contributed by atoms with Crippen LogP contribution in [0.4, 0.5) is 0 Å². The minimum Gasteiger partial charge on any atom is -0.380 e. The van der Waals surface area contributed by atoms with Crippen molar-refractivity contribution in [3.63, 3.8) is 0 Å². The van der Waals surface area contributed by atoms with E-state index in [1.54, 1.807) is 0 Å². The predicted octanol–water partition coefficient (Wildman–Crippen LogP) is 2.00. The summed E-state index contributed by atoms with van der Waals surface area (Å²) < 4.78 is 5.55. The maximum atomic E-state index is 12.0. The van der Waals surface area contributed by atoms with Gasteiger partial charge in [-0.2, -0.15) is 0 Å². The first-order chi connectivity index (χ1) is 8.65. The van der Waals surface area contributed by atoms with Gasteiger partial charge in [0.05, 0.1) is 19.3 Å². The molecule has 0 bridgehead atoms. The lowest BCUT2D eigenvalue weighted by Crippen LogP contribution is -2.32. The maximum absolute atomic E-state index is 12.0. The van der Waals surface area contributed by atoms with E-state index in [0.29, 0.717) is 25.7 Å². The molecular weight excluding hydrogens is 228 g/mol. The van der Waals surface area contributed by atoms with Crippen molar-refractivity contribution in [3.8, 4) is 0 Å². The van der Waals surface area contributed by atoms with Gasteiger partial charge in [-0.1, -0.05) is 33.6 Å². The van der Waals surface area contributed by atoms with E-state index in [-0.39, 0.29) is 11.9 Å². The number of ether oxygens (including phenoxy) is 1. The van der Waals surface area contributed by atoms with Gasteiger partial charge in [-0.3, -0.25) is 10.1 Å². The number of unbranched alkanes of at least 4 members (excludes halogenated alkanes) is 1. The van der Waals surface area contributed by atoms with Crippen LogP contribution in [0, 0.1) is 5.92 Å². The highest BCUT2D eigenvalue weighted by atomic mass is 16.5. The Morgan fingerprint density at radius 3 is 2.89 bits per heavy atom. The third kappa shape index (κ3) is 5.36. The molecule has 0 saturated carbocycles. The Morgan fingerprint density at radius 1 is 1.44 bits per heavy atom. The van der Waals surface area contributed by atoms with E-state index in [9.17, 15) is 4.79 Å². The van der Waals surface area contributed by atoms with Gasteiger partial charge in [0.2, 0.25) is 5.91 Å². The number of amides is 1. The Hall–Kier alpha value is -0.610. The van der Waals surface area contributed by atoms with E-state index in [0.717, 1.165) is 32.3 Å². The monoisotopic (exact) mass is 256 g/mol. The van der Waals surface area contributed by atoms with Crippen molar-refractivity contribution in [2.24, 2.45) is 5.92 Å². The smallest absolute Gasteiger partial charge is 0.240 e. The first-order valence-electron chi connectivity index (χ1n) is 7.25. The Morgan fingerprint density at radius 2 is 2.22 bits per heavy atom. The van der Waals surface area contributed by atoms with E-state index >= 15 is 0 Å². The Balaban J connectivity index is 2.10. The molecule has 4 nitrogen and oxygen atoms in total. The summed E-state index contributed by atoms with van der Waals surface area (Å²) in [6.45, 7) is 9.38. The molecule has 0 aliphatic carbocycles. The summed E-state index contributed by atoms with van der Waals surface area (Å²) in [6.07, 6.45) is 4.30. The molecule has 1 rings (SSSR count). The third-order valence-corrected chi connectivity index (χ3v) is 3.33. The summed E-state index contributed by atoms with van der Waals surface area (Å²) in [5.41, 5.74) is 0. The number of hydrogen-bond acceptors (Lipinski definition) is 3. The fraction of sp³-hybridized carbons (Fsp3) is 0.929. The van der Waals surface area contributed by atoms with E-state index in [4.69, 9.17) is 4.74 Å². The molecule has 0 aromatic carbocycles. The third-order valence-electron chi connectivity index (χ3n) is 3.33. The molecular formula is C14H28N2O2. The summed E-state index contributed by atoms with van der Waals surface area (Å²) in [5.74, 6) is 0.925. The Labute approximate surface area is 111 Å². The molecule has 1 amide bonds. The van der Waals surface area contributed by atoms with Crippen LogP contribution in [0.2, 0.25) is 0 Å². The van der Waals surface area contributed by atoms with Gasteiger partial charge in [-0.25, -0.2) is 0 Å². The maximum Gasteiger partial charge on any atom is 0.240 e. The van der Waals surface area contributed by atoms with Crippen LogP contribution < -0.4 is 5.32 Å². The van der Waals surface area contributed by atoms with Gasteiger partial charge in [0.1, 0.15) is 0 Å². The molecule has 1 aliphatic rings. The van der Waals surface area contributed by atoms with Crippen molar-refractivity contribution in [3.05, 3.63) is 0 Å². The predicted molar refractivity (Wildman–Crippen MR) is 73.3 cm³/mol. The van der Waals surface area contributed by atoms with Gasteiger partial charge in [0.15, 0.2) is 0 Å². The molecule has 1 fully saturated rings. The largest absolute Gasteiger partial charge is 0.380 e. The molecule has 1 unspecified atom stereocenters. The van der Waals surface area contributed by atoms with Crippen molar-refractivity contribution in [1.82, 2.24) is 10.2 Å². The topological polar surface area (TPSA) is 41.6 Å². The summed E-state index contributed by atoms with van der Waals surface area (Å²) in [7, 11) is 0. The second-order valence-corrected chi connectivity index (χ2v) is 5.45. The lowest BCUT2D eigenvalue weighted by molar-refractivity contribution is -0.129. The first-order valence-corrected chi connectivity index (χ1v) is 7.25. The number of nitrogens with zero attached hydrogens (tertiary/aromatic N) is 1. The van der Waals surface area contributed by atoms with Gasteiger partial charge in [-0.15, -0.1) is 0 Å². The molecule has 1 saturated heterocycles. The fourth-order valence-corrected chi connectivity index (χ4v) is 2.02. The molecule has 0 radical (unpaired) electrons. The summed E-state index contributed by atoms with van der Waals surface area (Å²) >= 11 is 0. The lowest BCUT2D eigenvalue weighted by atomic mass is 10.1. The van der Waals surface area contributed by atoms with Crippen molar-refractivity contribution in [2.45, 2.75) is 52.5 Å². The molecule has 1 heterocycles. The lowest BCUT2D eigenvalue weighted by Gasteiger charge is -2.15. The minimum atomic E-state index is 0.0422. The minimum absolute atomic E-state index is 0.0422. The zero-order chi connectivity index (χ0) is 13.4. The summed E-state index contributed by atoms with van der Waals surface area (Å²) in [5, 5.41) is 3.27. The Bertz CT molecular complexity index is 244. The molecule has 18 heavy (non-hydrogen) atoms. The van der Waals surface area contributed by atoms with Crippen LogP contribution in [-0.2, 0) is 9.53 Å². The normalized spacial score (nSPS) is 20.1. The van der Waals surface area contributed by atoms with Gasteiger partial charge < -0.3 is 9.64 Å². The molecule has 0 spiro atoms. The average molecular weight is 256 g/mol. The number of carbonyl (C=O) groups excluding carboxylic acids is 1. The number of rotatable bonds is 9. The van der Waals surface area contributed by atoms with E-state index in [2.05, 4.69) is 26.1 Å². The van der Waals surface area contributed by atoms with Crippen LogP contribution in [0.3, 0.4) is 0 Å². The summed E-state index contributed by atoms with van der Waals surface area (Å²) in [6, 6.07) is 0.0422.